The second-order valence-corrected chi connectivity index (χ2v) is 9.23. The van der Waals surface area contributed by atoms with E-state index in [1.165, 1.54) is 0 Å². The maximum atomic E-state index is 13.2. The number of sulfonamides is 1. The van der Waals surface area contributed by atoms with Gasteiger partial charge in [0.2, 0.25) is 10.0 Å². The molecule has 1 fully saturated rings. The lowest BCUT2D eigenvalue weighted by molar-refractivity contribution is 0.0927. The third-order valence-electron chi connectivity index (χ3n) is 4.46. The summed E-state index contributed by atoms with van der Waals surface area (Å²) in [5.74, 6) is 0. The van der Waals surface area contributed by atoms with E-state index in [1.807, 2.05) is 37.4 Å². The van der Waals surface area contributed by atoms with Crippen molar-refractivity contribution in [2.45, 2.75) is 44.2 Å². The first kappa shape index (κ1) is 17.6. The first-order valence-electron chi connectivity index (χ1n) is 8.18. The number of hydrogen-bond acceptors (Lipinski definition) is 4. The van der Waals surface area contributed by atoms with Crippen LogP contribution in [0.3, 0.4) is 0 Å². The number of nitrogens with zero attached hydrogens (tertiary/aromatic N) is 1. The molecule has 1 aliphatic rings. The van der Waals surface area contributed by atoms with Crippen LogP contribution in [0.25, 0.3) is 0 Å². The van der Waals surface area contributed by atoms with Crippen molar-refractivity contribution >= 4 is 21.4 Å². The fourth-order valence-corrected chi connectivity index (χ4v) is 5.20. The van der Waals surface area contributed by atoms with Crippen LogP contribution in [0.2, 0.25) is 0 Å². The fourth-order valence-electron chi connectivity index (χ4n) is 2.86. The van der Waals surface area contributed by atoms with E-state index in [9.17, 15) is 8.42 Å². The van der Waals surface area contributed by atoms with E-state index in [1.54, 1.807) is 27.8 Å². The fraction of sp³-hybridized carbons (Fsp3) is 0.444. The van der Waals surface area contributed by atoms with Crippen molar-refractivity contribution in [3.63, 3.8) is 0 Å². The van der Waals surface area contributed by atoms with Crippen molar-refractivity contribution in [1.82, 2.24) is 4.31 Å². The maximum absolute atomic E-state index is 13.2. The zero-order chi connectivity index (χ0) is 17.2. The Morgan fingerprint density at radius 3 is 2.71 bits per heavy atom. The SMILES string of the molecule is Cc1ccc(S(=O)(=O)N(Cc2cccs2)CC2CCCO2)cc1C. The van der Waals surface area contributed by atoms with Gasteiger partial charge in [-0.1, -0.05) is 12.1 Å². The normalized spacial score (nSPS) is 18.4. The van der Waals surface area contributed by atoms with Crippen LogP contribution < -0.4 is 0 Å². The average molecular weight is 366 g/mol. The smallest absolute Gasteiger partial charge is 0.243 e. The van der Waals surface area contributed by atoms with Crippen LogP contribution in [0, 0.1) is 13.8 Å². The zero-order valence-electron chi connectivity index (χ0n) is 14.1. The Hall–Kier alpha value is -1.21. The van der Waals surface area contributed by atoms with Gasteiger partial charge < -0.3 is 4.74 Å². The van der Waals surface area contributed by atoms with Crippen LogP contribution in [0.5, 0.6) is 0 Å². The molecule has 1 unspecified atom stereocenters. The van der Waals surface area contributed by atoms with Gasteiger partial charge in [-0.3, -0.25) is 0 Å². The Morgan fingerprint density at radius 2 is 2.08 bits per heavy atom. The second kappa shape index (κ2) is 7.35. The van der Waals surface area contributed by atoms with E-state index in [2.05, 4.69) is 0 Å². The molecule has 1 atom stereocenters. The molecular formula is C18H23NO3S2. The van der Waals surface area contributed by atoms with Crippen molar-refractivity contribution in [2.24, 2.45) is 0 Å². The monoisotopic (exact) mass is 365 g/mol. The summed E-state index contributed by atoms with van der Waals surface area (Å²) in [5, 5.41) is 1.97. The van der Waals surface area contributed by atoms with E-state index >= 15 is 0 Å². The van der Waals surface area contributed by atoms with Crippen molar-refractivity contribution in [3.8, 4) is 0 Å². The third-order valence-corrected chi connectivity index (χ3v) is 7.13. The summed E-state index contributed by atoms with van der Waals surface area (Å²) in [6.07, 6.45) is 1.91. The Labute approximate surface area is 148 Å². The molecule has 0 amide bonds. The van der Waals surface area contributed by atoms with Gasteiger partial charge in [-0.2, -0.15) is 4.31 Å². The lowest BCUT2D eigenvalue weighted by Crippen LogP contribution is -2.36. The number of benzene rings is 1. The standard InChI is InChI=1S/C18H23NO3S2/c1-14-7-8-18(11-15(14)2)24(20,21)19(12-16-5-3-9-22-16)13-17-6-4-10-23-17/h4,6-8,10-11,16H,3,5,9,12-13H2,1-2H3. The van der Waals surface area contributed by atoms with Crippen LogP contribution in [0.1, 0.15) is 28.8 Å². The van der Waals surface area contributed by atoms with Gasteiger partial charge in [0.1, 0.15) is 0 Å². The predicted molar refractivity (Wildman–Crippen MR) is 96.8 cm³/mol. The van der Waals surface area contributed by atoms with E-state index in [4.69, 9.17) is 4.74 Å². The Balaban J connectivity index is 1.90. The summed E-state index contributed by atoms with van der Waals surface area (Å²) in [6, 6.07) is 9.27. The lowest BCUT2D eigenvalue weighted by atomic mass is 10.1. The Morgan fingerprint density at radius 1 is 1.25 bits per heavy atom. The molecule has 0 aliphatic carbocycles. The predicted octanol–water partition coefficient (Wildman–Crippen LogP) is 3.73. The summed E-state index contributed by atoms with van der Waals surface area (Å²) in [6.45, 7) is 5.46. The topological polar surface area (TPSA) is 46.6 Å². The van der Waals surface area contributed by atoms with E-state index in [-0.39, 0.29) is 6.10 Å². The van der Waals surface area contributed by atoms with Crippen molar-refractivity contribution in [1.29, 1.82) is 0 Å². The average Bonchev–Trinajstić information content (AvgIpc) is 3.23. The molecule has 0 bridgehead atoms. The largest absolute Gasteiger partial charge is 0.377 e. The van der Waals surface area contributed by atoms with Crippen LogP contribution in [0.4, 0.5) is 0 Å². The number of rotatable bonds is 6. The van der Waals surface area contributed by atoms with Gasteiger partial charge in [-0.05, 0) is 61.4 Å². The second-order valence-electron chi connectivity index (χ2n) is 6.26. The minimum atomic E-state index is -3.54. The van der Waals surface area contributed by atoms with E-state index < -0.39 is 10.0 Å². The molecule has 2 heterocycles. The first-order chi connectivity index (χ1) is 11.5. The van der Waals surface area contributed by atoms with Gasteiger partial charge in [0, 0.05) is 24.6 Å². The van der Waals surface area contributed by atoms with Crippen molar-refractivity contribution < 1.29 is 13.2 Å². The van der Waals surface area contributed by atoms with Gasteiger partial charge in [0.15, 0.2) is 0 Å². The summed E-state index contributed by atoms with van der Waals surface area (Å²) in [7, 11) is -3.54. The minimum absolute atomic E-state index is 0.00807. The van der Waals surface area contributed by atoms with Crippen LogP contribution in [-0.4, -0.2) is 32.0 Å². The van der Waals surface area contributed by atoms with Crippen LogP contribution in [-0.2, 0) is 21.3 Å². The summed E-state index contributed by atoms with van der Waals surface area (Å²) in [4.78, 5) is 1.40. The molecule has 4 nitrogen and oxygen atoms in total. The number of thiophene rings is 1. The summed E-state index contributed by atoms with van der Waals surface area (Å²) < 4.78 is 33.6. The first-order valence-corrected chi connectivity index (χ1v) is 10.5. The molecule has 1 aliphatic heterocycles. The number of hydrogen-bond donors (Lipinski definition) is 0. The highest BCUT2D eigenvalue weighted by atomic mass is 32.2. The van der Waals surface area contributed by atoms with Crippen molar-refractivity contribution in [2.75, 3.05) is 13.2 Å². The van der Waals surface area contributed by atoms with Gasteiger partial charge in [-0.15, -0.1) is 11.3 Å². The highest BCUT2D eigenvalue weighted by molar-refractivity contribution is 7.89. The number of aryl methyl sites for hydroxylation is 2. The lowest BCUT2D eigenvalue weighted by Gasteiger charge is -2.24. The molecule has 0 N–H and O–H groups in total. The molecule has 130 valence electrons. The molecule has 0 radical (unpaired) electrons. The molecule has 0 saturated carbocycles. The summed E-state index contributed by atoms with van der Waals surface area (Å²) in [5.41, 5.74) is 2.09. The summed E-state index contributed by atoms with van der Waals surface area (Å²) >= 11 is 1.58. The molecule has 0 spiro atoms. The van der Waals surface area contributed by atoms with Gasteiger partial charge in [-0.25, -0.2) is 8.42 Å². The van der Waals surface area contributed by atoms with Gasteiger partial charge in [0.05, 0.1) is 11.0 Å². The third kappa shape index (κ3) is 3.88. The number of ether oxygens (including phenoxy) is 1. The molecule has 1 aromatic carbocycles. The molecule has 24 heavy (non-hydrogen) atoms. The van der Waals surface area contributed by atoms with Crippen LogP contribution in [0.15, 0.2) is 40.6 Å². The highest BCUT2D eigenvalue weighted by Crippen LogP contribution is 2.25. The molecule has 1 saturated heterocycles. The molecule has 6 heteroatoms. The van der Waals surface area contributed by atoms with E-state index in [0.29, 0.717) is 18.0 Å². The van der Waals surface area contributed by atoms with Crippen LogP contribution >= 0.6 is 11.3 Å². The quantitative estimate of drug-likeness (QED) is 0.783. The molecule has 2 aromatic rings. The van der Waals surface area contributed by atoms with Crippen molar-refractivity contribution in [3.05, 3.63) is 51.7 Å². The van der Waals surface area contributed by atoms with E-state index in [0.717, 1.165) is 35.5 Å². The maximum Gasteiger partial charge on any atom is 0.243 e. The Kier molecular flexibility index (Phi) is 5.39. The van der Waals surface area contributed by atoms with Gasteiger partial charge >= 0.3 is 0 Å². The molecular weight excluding hydrogens is 342 g/mol. The Bertz CT molecular complexity index is 779. The minimum Gasteiger partial charge on any atom is -0.377 e. The molecule has 1 aromatic heterocycles. The van der Waals surface area contributed by atoms with Gasteiger partial charge in [0.25, 0.3) is 0 Å². The molecule has 3 rings (SSSR count). The highest BCUT2D eigenvalue weighted by Gasteiger charge is 2.29. The zero-order valence-corrected chi connectivity index (χ0v) is 15.7.